The first-order valence-electron chi connectivity index (χ1n) is 9.57. The summed E-state index contributed by atoms with van der Waals surface area (Å²) >= 11 is 1.52. The number of amides is 1. The Bertz CT molecular complexity index is 909. The molecule has 4 rings (SSSR count). The Morgan fingerprint density at radius 3 is 2.81 bits per heavy atom. The maximum atomic E-state index is 12.4. The van der Waals surface area contributed by atoms with E-state index < -0.39 is 0 Å². The number of nitrogens with one attached hydrogen (secondary N) is 1. The number of carbonyl (C=O) groups excluding carboxylic acids is 1. The molecule has 2 aromatic heterocycles. The normalized spacial score (nSPS) is 14.6. The lowest BCUT2D eigenvalue weighted by Crippen LogP contribution is -2.15. The van der Waals surface area contributed by atoms with Crippen LogP contribution in [0.2, 0.25) is 0 Å². The number of aromatic nitrogens is 3. The molecule has 1 aliphatic carbocycles. The van der Waals surface area contributed by atoms with Crippen molar-refractivity contribution in [2.24, 2.45) is 5.92 Å². The minimum absolute atomic E-state index is 0.0582. The molecule has 1 saturated carbocycles. The molecule has 140 valence electrons. The second-order valence-electron chi connectivity index (χ2n) is 7.20. The zero-order valence-electron chi connectivity index (χ0n) is 15.5. The van der Waals surface area contributed by atoms with Gasteiger partial charge in [-0.3, -0.25) is 4.79 Å². The number of nitrogens with zero attached hydrogens (tertiary/aromatic N) is 3. The number of anilines is 1. The SMILES string of the molecule is Cc1cc(NC(=O)CCC2CCCC2)n(-c2nc(-c3ccccc3)cs2)n1. The van der Waals surface area contributed by atoms with E-state index in [1.54, 1.807) is 4.68 Å². The van der Waals surface area contributed by atoms with Gasteiger partial charge in [-0.25, -0.2) is 4.98 Å². The summed E-state index contributed by atoms with van der Waals surface area (Å²) in [7, 11) is 0. The predicted octanol–water partition coefficient (Wildman–Crippen LogP) is 5.21. The van der Waals surface area contributed by atoms with Gasteiger partial charge in [-0.15, -0.1) is 11.3 Å². The summed E-state index contributed by atoms with van der Waals surface area (Å²) in [6, 6.07) is 12.0. The van der Waals surface area contributed by atoms with Gasteiger partial charge in [0.15, 0.2) is 0 Å². The van der Waals surface area contributed by atoms with Crippen LogP contribution in [0, 0.1) is 12.8 Å². The lowest BCUT2D eigenvalue weighted by Gasteiger charge is -2.09. The van der Waals surface area contributed by atoms with Crippen LogP contribution in [-0.4, -0.2) is 20.7 Å². The summed E-state index contributed by atoms with van der Waals surface area (Å²) in [5.41, 5.74) is 2.85. The molecule has 2 heterocycles. The average molecular weight is 381 g/mol. The van der Waals surface area contributed by atoms with Gasteiger partial charge in [0.2, 0.25) is 11.0 Å². The molecule has 5 nitrogen and oxygen atoms in total. The van der Waals surface area contributed by atoms with Crippen molar-refractivity contribution in [3.05, 3.63) is 47.5 Å². The molecule has 6 heteroatoms. The van der Waals surface area contributed by atoms with Crippen molar-refractivity contribution < 1.29 is 4.79 Å². The van der Waals surface area contributed by atoms with Crippen LogP contribution in [0.25, 0.3) is 16.4 Å². The molecule has 0 spiro atoms. The fourth-order valence-electron chi connectivity index (χ4n) is 3.68. The van der Waals surface area contributed by atoms with E-state index in [0.29, 0.717) is 12.2 Å². The maximum absolute atomic E-state index is 12.4. The standard InChI is InChI=1S/C21H24N4OS/c1-15-13-19(23-20(26)12-11-16-7-5-6-8-16)25(24-15)21-22-18(14-27-21)17-9-3-2-4-10-17/h2-4,9-10,13-14,16H,5-8,11-12H2,1H3,(H,23,26). The van der Waals surface area contributed by atoms with E-state index in [0.717, 1.165) is 34.4 Å². The highest BCUT2D eigenvalue weighted by molar-refractivity contribution is 7.12. The van der Waals surface area contributed by atoms with Gasteiger partial charge in [0.05, 0.1) is 11.4 Å². The number of hydrogen-bond donors (Lipinski definition) is 1. The first-order valence-corrected chi connectivity index (χ1v) is 10.4. The summed E-state index contributed by atoms with van der Waals surface area (Å²) < 4.78 is 1.74. The molecule has 1 aliphatic rings. The van der Waals surface area contributed by atoms with Gasteiger partial charge in [-0.05, 0) is 19.3 Å². The number of hydrogen-bond acceptors (Lipinski definition) is 4. The van der Waals surface area contributed by atoms with Crippen LogP contribution in [-0.2, 0) is 4.79 Å². The van der Waals surface area contributed by atoms with Gasteiger partial charge in [-0.2, -0.15) is 9.78 Å². The zero-order chi connectivity index (χ0) is 18.6. The average Bonchev–Trinajstić information content (AvgIpc) is 3.42. The Morgan fingerprint density at radius 1 is 1.26 bits per heavy atom. The third kappa shape index (κ3) is 4.27. The van der Waals surface area contributed by atoms with Crippen molar-refractivity contribution in [3.63, 3.8) is 0 Å². The van der Waals surface area contributed by atoms with Crippen LogP contribution in [0.15, 0.2) is 41.8 Å². The molecule has 0 bridgehead atoms. The second-order valence-corrected chi connectivity index (χ2v) is 8.04. The molecule has 3 aromatic rings. The lowest BCUT2D eigenvalue weighted by molar-refractivity contribution is -0.116. The van der Waals surface area contributed by atoms with Gasteiger partial charge in [-0.1, -0.05) is 56.0 Å². The van der Waals surface area contributed by atoms with E-state index in [9.17, 15) is 4.79 Å². The van der Waals surface area contributed by atoms with Crippen molar-refractivity contribution in [3.8, 4) is 16.4 Å². The second kappa shape index (κ2) is 8.05. The molecule has 1 N–H and O–H groups in total. The lowest BCUT2D eigenvalue weighted by atomic mass is 10.0. The van der Waals surface area contributed by atoms with Gasteiger partial charge < -0.3 is 5.32 Å². The van der Waals surface area contributed by atoms with Crippen LogP contribution < -0.4 is 5.32 Å². The van der Waals surface area contributed by atoms with E-state index in [2.05, 4.69) is 10.4 Å². The highest BCUT2D eigenvalue weighted by atomic mass is 32.1. The molecule has 0 atom stereocenters. The Hall–Kier alpha value is -2.47. The summed E-state index contributed by atoms with van der Waals surface area (Å²) in [4.78, 5) is 17.1. The van der Waals surface area contributed by atoms with E-state index >= 15 is 0 Å². The van der Waals surface area contributed by atoms with Crippen molar-refractivity contribution in [2.75, 3.05) is 5.32 Å². The number of rotatable bonds is 6. The number of aryl methyl sites for hydroxylation is 1. The van der Waals surface area contributed by atoms with Crippen LogP contribution in [0.5, 0.6) is 0 Å². The Morgan fingerprint density at radius 2 is 2.04 bits per heavy atom. The quantitative estimate of drug-likeness (QED) is 0.638. The highest BCUT2D eigenvalue weighted by Gasteiger charge is 2.18. The number of carbonyl (C=O) groups is 1. The fraction of sp³-hybridized carbons (Fsp3) is 0.381. The highest BCUT2D eigenvalue weighted by Crippen LogP contribution is 2.29. The summed E-state index contributed by atoms with van der Waals surface area (Å²) in [5.74, 6) is 1.47. The summed E-state index contributed by atoms with van der Waals surface area (Å²) in [6.45, 7) is 1.93. The molecule has 0 aliphatic heterocycles. The van der Waals surface area contributed by atoms with Gasteiger partial charge >= 0.3 is 0 Å². The van der Waals surface area contributed by atoms with Gasteiger partial charge in [0.25, 0.3) is 0 Å². The Balaban J connectivity index is 1.48. The summed E-state index contributed by atoms with van der Waals surface area (Å²) in [5, 5.41) is 10.3. The maximum Gasteiger partial charge on any atom is 0.225 e. The molecule has 1 fully saturated rings. The van der Waals surface area contributed by atoms with Crippen molar-refractivity contribution in [1.82, 2.24) is 14.8 Å². The predicted molar refractivity (Wildman–Crippen MR) is 109 cm³/mol. The van der Waals surface area contributed by atoms with Gasteiger partial charge in [0.1, 0.15) is 5.82 Å². The zero-order valence-corrected chi connectivity index (χ0v) is 16.3. The van der Waals surface area contributed by atoms with Crippen molar-refractivity contribution >= 4 is 23.1 Å². The third-order valence-corrected chi connectivity index (χ3v) is 5.91. The van der Waals surface area contributed by atoms with E-state index in [1.165, 1.54) is 37.0 Å². The third-order valence-electron chi connectivity index (χ3n) is 5.10. The van der Waals surface area contributed by atoms with E-state index in [1.807, 2.05) is 48.7 Å². The monoisotopic (exact) mass is 380 g/mol. The molecule has 0 radical (unpaired) electrons. The molecular formula is C21H24N4OS. The van der Waals surface area contributed by atoms with Crippen LogP contribution in [0.1, 0.15) is 44.2 Å². The first kappa shape index (κ1) is 17.9. The fourth-order valence-corrected chi connectivity index (χ4v) is 4.47. The summed E-state index contributed by atoms with van der Waals surface area (Å²) in [6.07, 6.45) is 6.71. The minimum Gasteiger partial charge on any atom is -0.311 e. The molecule has 1 amide bonds. The van der Waals surface area contributed by atoms with Crippen molar-refractivity contribution in [1.29, 1.82) is 0 Å². The van der Waals surface area contributed by atoms with Crippen LogP contribution in [0.3, 0.4) is 0 Å². The molecule has 0 unspecified atom stereocenters. The smallest absolute Gasteiger partial charge is 0.225 e. The topological polar surface area (TPSA) is 59.8 Å². The van der Waals surface area contributed by atoms with E-state index in [-0.39, 0.29) is 5.91 Å². The molecule has 0 saturated heterocycles. The first-order chi connectivity index (χ1) is 13.2. The van der Waals surface area contributed by atoms with Crippen LogP contribution >= 0.6 is 11.3 Å². The number of benzene rings is 1. The molecule has 27 heavy (non-hydrogen) atoms. The van der Waals surface area contributed by atoms with Crippen LogP contribution in [0.4, 0.5) is 5.82 Å². The van der Waals surface area contributed by atoms with E-state index in [4.69, 9.17) is 4.98 Å². The molecule has 1 aromatic carbocycles. The number of thiazole rings is 1. The minimum atomic E-state index is 0.0582. The Labute approximate surface area is 163 Å². The van der Waals surface area contributed by atoms with Gasteiger partial charge in [0, 0.05) is 23.4 Å². The Kier molecular flexibility index (Phi) is 5.34. The largest absolute Gasteiger partial charge is 0.311 e. The van der Waals surface area contributed by atoms with Crippen molar-refractivity contribution in [2.45, 2.75) is 45.4 Å². The molecular weight excluding hydrogens is 356 g/mol.